The third kappa shape index (κ3) is 11.4. The zero-order chi connectivity index (χ0) is 53.0. The van der Waals surface area contributed by atoms with Crippen molar-refractivity contribution in [1.29, 1.82) is 0 Å². The number of carbonyl (C=O) groups excluding carboxylic acids is 4. The van der Waals surface area contributed by atoms with Crippen LogP contribution >= 0.6 is 0 Å². The van der Waals surface area contributed by atoms with Crippen molar-refractivity contribution in [3.63, 3.8) is 0 Å². The summed E-state index contributed by atoms with van der Waals surface area (Å²) < 4.78 is 15.8. The Morgan fingerprint density at radius 2 is 1.64 bits per heavy atom. The molecule has 17 nitrogen and oxygen atoms in total. The number of imidazole rings is 1. The number of amides is 4. The number of aromatic nitrogens is 3. The smallest absolute Gasteiger partial charge is 0.407 e. The van der Waals surface area contributed by atoms with Crippen molar-refractivity contribution in [2.45, 2.75) is 97.4 Å². The molecule has 5 N–H and O–H groups in total. The molecule has 0 spiro atoms. The molecule has 4 aromatic carbocycles. The van der Waals surface area contributed by atoms with Gasteiger partial charge in [-0.15, -0.1) is 0 Å². The summed E-state index contributed by atoms with van der Waals surface area (Å²) in [5, 5.41) is 31.1. The minimum atomic E-state index is -1.32. The Bertz CT molecular complexity index is 3510. The van der Waals surface area contributed by atoms with Gasteiger partial charge in [0.1, 0.15) is 22.7 Å². The highest BCUT2D eigenvalue weighted by molar-refractivity contribution is 6.13. The van der Waals surface area contributed by atoms with Gasteiger partial charge in [-0.05, 0) is 126 Å². The van der Waals surface area contributed by atoms with Gasteiger partial charge < -0.3 is 49.4 Å². The van der Waals surface area contributed by atoms with Gasteiger partial charge in [-0.1, -0.05) is 36.8 Å². The Labute approximate surface area is 432 Å². The summed E-state index contributed by atoms with van der Waals surface area (Å²) in [5.41, 5.74) is 4.27. The van der Waals surface area contributed by atoms with Crippen molar-refractivity contribution in [2.24, 2.45) is 0 Å². The van der Waals surface area contributed by atoms with Gasteiger partial charge >= 0.3 is 12.1 Å². The fourth-order valence-corrected chi connectivity index (χ4v) is 10.1. The predicted molar refractivity (Wildman–Crippen MR) is 286 cm³/mol. The van der Waals surface area contributed by atoms with Crippen LogP contribution in [0.15, 0.2) is 112 Å². The molecule has 9 rings (SSSR count). The van der Waals surface area contributed by atoms with Crippen LogP contribution in [-0.2, 0) is 22.6 Å². The van der Waals surface area contributed by atoms with Gasteiger partial charge in [0.15, 0.2) is 11.3 Å². The number of nitrogens with zero attached hydrogens (tertiary/aromatic N) is 4. The Kier molecular flexibility index (Phi) is 15.0. The molecule has 6 aromatic rings. The summed E-state index contributed by atoms with van der Waals surface area (Å²) in [7, 11) is 0. The topological polar surface area (TPSA) is 227 Å². The lowest BCUT2D eigenvalue weighted by Gasteiger charge is -2.33. The van der Waals surface area contributed by atoms with Crippen molar-refractivity contribution in [3.8, 4) is 39.7 Å². The van der Waals surface area contributed by atoms with Crippen molar-refractivity contribution >= 4 is 62.7 Å². The van der Waals surface area contributed by atoms with E-state index in [4.69, 9.17) is 14.1 Å². The molecule has 1 saturated heterocycles. The van der Waals surface area contributed by atoms with Crippen LogP contribution in [0.3, 0.4) is 0 Å². The number of hydrogen-bond acceptors (Lipinski definition) is 10. The maximum absolute atomic E-state index is 14.0. The highest BCUT2D eigenvalue weighted by Crippen LogP contribution is 2.42. The van der Waals surface area contributed by atoms with Crippen molar-refractivity contribution in [2.75, 3.05) is 26.2 Å². The second-order valence-corrected chi connectivity index (χ2v) is 20.0. The fraction of sp³-hybridized carbons (Fsp3) is 0.328. The Morgan fingerprint density at radius 1 is 0.827 bits per heavy atom. The maximum atomic E-state index is 14.0. The SMILES string of the molecule is CCn1c(-c2nc3cc(C(=O)N4CCC[C@@H](NC(=O)OC(C)(C)C)C4)ccc3n2CCCNC(=O)CCCCCNC(=O)c2cccc(-c3c4ccc(=O)cc-4oc4cc(O)ccc34)c2C(=O)O)cc2ccccc21. The lowest BCUT2D eigenvalue weighted by Crippen LogP contribution is -2.50. The number of benzene rings is 5. The zero-order valence-electron chi connectivity index (χ0n) is 42.5. The van der Waals surface area contributed by atoms with Gasteiger partial charge in [-0.2, -0.15) is 0 Å². The molecule has 75 heavy (non-hydrogen) atoms. The molecule has 2 aromatic heterocycles. The first-order valence-electron chi connectivity index (χ1n) is 25.6. The van der Waals surface area contributed by atoms with Gasteiger partial charge in [0.05, 0.1) is 27.9 Å². The number of carbonyl (C=O) groups is 5. The summed E-state index contributed by atoms with van der Waals surface area (Å²) in [6.45, 7) is 10.4. The lowest BCUT2D eigenvalue weighted by molar-refractivity contribution is -0.121. The number of likely N-dealkylation sites (tertiary alicyclic amines) is 1. The summed E-state index contributed by atoms with van der Waals surface area (Å²) in [4.78, 5) is 85.2. The van der Waals surface area contributed by atoms with Crippen LogP contribution < -0.4 is 21.4 Å². The molecule has 17 heteroatoms. The summed E-state index contributed by atoms with van der Waals surface area (Å²) in [5.74, 6) is -1.23. The number of fused-ring (bicyclic) bond motifs is 4. The first-order chi connectivity index (χ1) is 36.1. The number of aryl methyl sites for hydroxylation is 2. The molecule has 0 unspecified atom stereocenters. The third-order valence-corrected chi connectivity index (χ3v) is 13.5. The van der Waals surface area contributed by atoms with Gasteiger partial charge in [-0.25, -0.2) is 14.6 Å². The standard InChI is InChI=1S/C58H61N7O10/c1-5-64-45-18-9-8-14-35(45)31-47(64)53-62-44-30-36(55(70)63-28-12-15-37(34-63)61-57(73)75-58(2,3)4)20-25-46(44)65(53)29-13-27-59-50(68)19-7-6-10-26-60-54(69)43-17-11-16-42(52(43)56(71)72)51-40-23-21-38(66)32-48(40)74-49-33-39(67)22-24-41(49)51/h8-9,11,14,16-18,20-25,30-33,37,66H,5-7,10,12-13,15,19,26-29,34H2,1-4H3,(H,59,68)(H,60,69)(H,61,73)(H,71,72)/t37-/m1/s1. The molecule has 1 aliphatic carbocycles. The molecule has 0 radical (unpaired) electrons. The summed E-state index contributed by atoms with van der Waals surface area (Å²) >= 11 is 0. The van der Waals surface area contributed by atoms with Crippen LogP contribution in [0, 0.1) is 0 Å². The van der Waals surface area contributed by atoms with Gasteiger partial charge in [0, 0.05) is 96.8 Å². The zero-order valence-corrected chi connectivity index (χ0v) is 42.5. The van der Waals surface area contributed by atoms with Crippen LogP contribution in [0.2, 0.25) is 0 Å². The molecule has 1 fully saturated rings. The van der Waals surface area contributed by atoms with E-state index < -0.39 is 23.6 Å². The first kappa shape index (κ1) is 51.4. The number of phenols is 1. The number of aromatic hydroxyl groups is 1. The molecule has 4 heterocycles. The Morgan fingerprint density at radius 3 is 2.44 bits per heavy atom. The number of ether oxygens (including phenoxy) is 1. The van der Waals surface area contributed by atoms with E-state index in [-0.39, 0.29) is 70.0 Å². The molecular weight excluding hydrogens is 955 g/mol. The summed E-state index contributed by atoms with van der Waals surface area (Å²) in [6, 6.07) is 29.0. The van der Waals surface area contributed by atoms with E-state index in [9.17, 15) is 39.0 Å². The molecule has 2 aliphatic heterocycles. The second kappa shape index (κ2) is 21.9. The van der Waals surface area contributed by atoms with E-state index >= 15 is 0 Å². The number of para-hydroxylation sites is 1. The predicted octanol–water partition coefficient (Wildman–Crippen LogP) is 9.59. The van der Waals surface area contributed by atoms with Crippen LogP contribution in [0.4, 0.5) is 4.79 Å². The molecular formula is C58H61N7O10. The fourth-order valence-electron chi connectivity index (χ4n) is 10.1. The number of carboxylic acid groups (broad SMARTS) is 1. The number of piperidine rings is 1. The average Bonchev–Trinajstić information content (AvgIpc) is 3.95. The van der Waals surface area contributed by atoms with Gasteiger partial charge in [0.2, 0.25) is 5.91 Å². The molecule has 388 valence electrons. The number of hydrogen-bond donors (Lipinski definition) is 5. The third-order valence-electron chi connectivity index (χ3n) is 13.5. The monoisotopic (exact) mass is 1020 g/mol. The molecule has 1 atom stereocenters. The molecule has 0 bridgehead atoms. The van der Waals surface area contributed by atoms with Crippen LogP contribution in [0.5, 0.6) is 5.75 Å². The van der Waals surface area contributed by atoms with Gasteiger partial charge in [-0.3, -0.25) is 19.2 Å². The van der Waals surface area contributed by atoms with E-state index in [1.165, 1.54) is 30.3 Å². The van der Waals surface area contributed by atoms with E-state index in [1.807, 2.05) is 51.1 Å². The molecule has 4 amide bonds. The number of nitrogens with one attached hydrogen (secondary N) is 3. The number of phenolic OH excluding ortho intramolecular Hbond substituents is 1. The average molecular weight is 1020 g/mol. The van der Waals surface area contributed by atoms with E-state index in [0.29, 0.717) is 86.0 Å². The Balaban J connectivity index is 0.809. The highest BCUT2D eigenvalue weighted by Gasteiger charge is 2.29. The second-order valence-electron chi connectivity index (χ2n) is 20.0. The highest BCUT2D eigenvalue weighted by atomic mass is 16.6. The quantitative estimate of drug-likeness (QED) is 0.0426. The normalized spacial score (nSPS) is 13.9. The largest absolute Gasteiger partial charge is 0.508 e. The number of aromatic carboxylic acids is 1. The van der Waals surface area contributed by atoms with Crippen molar-refractivity contribution < 1.29 is 43.3 Å². The minimum Gasteiger partial charge on any atom is -0.508 e. The van der Waals surface area contributed by atoms with E-state index in [2.05, 4.69) is 50.2 Å². The maximum Gasteiger partial charge on any atom is 0.407 e. The van der Waals surface area contributed by atoms with Crippen LogP contribution in [0.1, 0.15) is 104 Å². The molecule has 3 aliphatic rings. The van der Waals surface area contributed by atoms with Crippen molar-refractivity contribution in [1.82, 2.24) is 35.0 Å². The van der Waals surface area contributed by atoms with E-state index in [0.717, 1.165) is 40.8 Å². The molecule has 0 saturated carbocycles. The Hall–Kier alpha value is -8.47. The lowest BCUT2D eigenvalue weighted by atomic mass is 9.88. The van der Waals surface area contributed by atoms with Crippen molar-refractivity contribution in [3.05, 3.63) is 130 Å². The van der Waals surface area contributed by atoms with E-state index in [1.54, 1.807) is 29.2 Å². The number of unbranched alkanes of at least 4 members (excludes halogenated alkanes) is 2. The first-order valence-corrected chi connectivity index (χ1v) is 25.6. The van der Waals surface area contributed by atoms with Crippen LogP contribution in [-0.4, -0.2) is 96.8 Å². The number of rotatable bonds is 17. The number of carboxylic acids is 1. The van der Waals surface area contributed by atoms with Gasteiger partial charge in [0.25, 0.3) is 11.8 Å². The minimum absolute atomic E-state index is 0.0394. The number of alkyl carbamates (subject to hydrolysis) is 1. The summed E-state index contributed by atoms with van der Waals surface area (Å²) in [6.07, 6.45) is 3.66. The van der Waals surface area contributed by atoms with Crippen LogP contribution in [0.25, 0.3) is 66.9 Å².